The van der Waals surface area contributed by atoms with Crippen molar-refractivity contribution in [2.75, 3.05) is 18.5 Å². The summed E-state index contributed by atoms with van der Waals surface area (Å²) in [6.45, 7) is 2.29. The average molecular weight is 340 g/mol. The SMILES string of the molecule is Cc1ccc(O)c(NC(=O)[C@@H]2COCC(=O)N2Cc2ccccc2)c1. The molecule has 25 heavy (non-hydrogen) atoms. The molecule has 2 aromatic carbocycles. The molecular formula is C19H20N2O4. The van der Waals surface area contributed by atoms with Crippen molar-refractivity contribution in [1.82, 2.24) is 4.90 Å². The molecule has 6 heteroatoms. The number of hydrogen-bond acceptors (Lipinski definition) is 4. The Balaban J connectivity index is 1.78. The third kappa shape index (κ3) is 3.97. The quantitative estimate of drug-likeness (QED) is 0.835. The number of amides is 2. The highest BCUT2D eigenvalue weighted by Gasteiger charge is 2.34. The van der Waals surface area contributed by atoms with Crippen LogP contribution in [0.3, 0.4) is 0 Å². The highest BCUT2D eigenvalue weighted by molar-refractivity contribution is 5.98. The van der Waals surface area contributed by atoms with Gasteiger partial charge in [0.25, 0.3) is 0 Å². The monoisotopic (exact) mass is 340 g/mol. The Morgan fingerprint density at radius 1 is 1.28 bits per heavy atom. The lowest BCUT2D eigenvalue weighted by Crippen LogP contribution is -2.54. The van der Waals surface area contributed by atoms with Crippen LogP contribution in [0, 0.1) is 6.92 Å². The van der Waals surface area contributed by atoms with Gasteiger partial charge in [-0.05, 0) is 30.2 Å². The fourth-order valence-corrected chi connectivity index (χ4v) is 2.77. The van der Waals surface area contributed by atoms with Gasteiger partial charge in [-0.3, -0.25) is 9.59 Å². The molecule has 1 fully saturated rings. The van der Waals surface area contributed by atoms with Crippen LogP contribution in [0.2, 0.25) is 0 Å². The van der Waals surface area contributed by atoms with Crippen LogP contribution < -0.4 is 5.32 Å². The second-order valence-corrected chi connectivity index (χ2v) is 6.05. The number of nitrogens with zero attached hydrogens (tertiary/aromatic N) is 1. The van der Waals surface area contributed by atoms with E-state index in [0.717, 1.165) is 11.1 Å². The van der Waals surface area contributed by atoms with E-state index in [4.69, 9.17) is 4.74 Å². The number of aryl methyl sites for hydroxylation is 1. The van der Waals surface area contributed by atoms with Gasteiger partial charge < -0.3 is 20.1 Å². The van der Waals surface area contributed by atoms with Crippen molar-refractivity contribution in [2.24, 2.45) is 0 Å². The van der Waals surface area contributed by atoms with Crippen molar-refractivity contribution >= 4 is 17.5 Å². The highest BCUT2D eigenvalue weighted by atomic mass is 16.5. The first-order valence-electron chi connectivity index (χ1n) is 8.06. The lowest BCUT2D eigenvalue weighted by atomic mass is 10.1. The van der Waals surface area contributed by atoms with Crippen molar-refractivity contribution in [3.05, 3.63) is 59.7 Å². The van der Waals surface area contributed by atoms with Gasteiger partial charge in [0.1, 0.15) is 18.4 Å². The molecule has 2 aromatic rings. The standard InChI is InChI=1S/C19H20N2O4/c1-13-7-8-17(22)15(9-13)20-19(24)16-11-25-12-18(23)21(16)10-14-5-3-2-4-6-14/h2-9,16,22H,10-12H2,1H3,(H,20,24)/t16-/m0/s1. The average Bonchev–Trinajstić information content (AvgIpc) is 2.61. The predicted octanol–water partition coefficient (Wildman–Crippen LogP) is 2.07. The smallest absolute Gasteiger partial charge is 0.249 e. The lowest BCUT2D eigenvalue weighted by Gasteiger charge is -2.34. The third-order valence-corrected chi connectivity index (χ3v) is 4.11. The predicted molar refractivity (Wildman–Crippen MR) is 93.1 cm³/mol. The summed E-state index contributed by atoms with van der Waals surface area (Å²) >= 11 is 0. The molecular weight excluding hydrogens is 320 g/mol. The molecule has 130 valence electrons. The Labute approximate surface area is 146 Å². The molecule has 1 aliphatic rings. The first kappa shape index (κ1) is 17.0. The van der Waals surface area contributed by atoms with Crippen LogP contribution in [0.25, 0.3) is 0 Å². The van der Waals surface area contributed by atoms with Gasteiger partial charge in [0.15, 0.2) is 0 Å². The Morgan fingerprint density at radius 2 is 2.04 bits per heavy atom. The normalized spacial score (nSPS) is 17.4. The van der Waals surface area contributed by atoms with E-state index in [0.29, 0.717) is 12.2 Å². The first-order valence-corrected chi connectivity index (χ1v) is 8.06. The summed E-state index contributed by atoms with van der Waals surface area (Å²) in [6, 6.07) is 13.7. The first-order chi connectivity index (χ1) is 12.0. The molecule has 0 aliphatic carbocycles. The van der Waals surface area contributed by atoms with E-state index in [1.807, 2.05) is 37.3 Å². The van der Waals surface area contributed by atoms with Crippen LogP contribution >= 0.6 is 0 Å². The molecule has 3 rings (SSSR count). The van der Waals surface area contributed by atoms with Crippen LogP contribution in [-0.4, -0.2) is 41.1 Å². The minimum atomic E-state index is -0.749. The molecule has 0 radical (unpaired) electrons. The summed E-state index contributed by atoms with van der Waals surface area (Å²) in [5.74, 6) is -0.634. The topological polar surface area (TPSA) is 78.9 Å². The molecule has 0 bridgehead atoms. The molecule has 1 heterocycles. The van der Waals surface area contributed by atoms with E-state index in [2.05, 4.69) is 5.32 Å². The number of rotatable bonds is 4. The zero-order valence-corrected chi connectivity index (χ0v) is 13.9. The number of benzene rings is 2. The number of phenols is 1. The number of carbonyl (C=O) groups excluding carboxylic acids is 2. The van der Waals surface area contributed by atoms with Crippen molar-refractivity contribution in [1.29, 1.82) is 0 Å². The zero-order valence-electron chi connectivity index (χ0n) is 13.9. The molecule has 1 aliphatic heterocycles. The number of nitrogens with one attached hydrogen (secondary N) is 1. The number of anilines is 1. The zero-order chi connectivity index (χ0) is 17.8. The summed E-state index contributed by atoms with van der Waals surface area (Å²) < 4.78 is 5.26. The van der Waals surface area contributed by atoms with E-state index in [9.17, 15) is 14.7 Å². The van der Waals surface area contributed by atoms with Crippen molar-refractivity contribution in [3.8, 4) is 5.75 Å². The van der Waals surface area contributed by atoms with Crippen molar-refractivity contribution in [3.63, 3.8) is 0 Å². The summed E-state index contributed by atoms with van der Waals surface area (Å²) in [4.78, 5) is 26.5. The minimum absolute atomic E-state index is 0.0170. The number of hydrogen-bond donors (Lipinski definition) is 2. The maximum Gasteiger partial charge on any atom is 0.249 e. The van der Waals surface area contributed by atoms with Gasteiger partial charge in [-0.15, -0.1) is 0 Å². The fourth-order valence-electron chi connectivity index (χ4n) is 2.77. The molecule has 0 unspecified atom stereocenters. The molecule has 0 spiro atoms. The van der Waals surface area contributed by atoms with Crippen LogP contribution in [0.1, 0.15) is 11.1 Å². The highest BCUT2D eigenvalue weighted by Crippen LogP contribution is 2.25. The van der Waals surface area contributed by atoms with E-state index in [1.54, 1.807) is 12.1 Å². The lowest BCUT2D eigenvalue weighted by molar-refractivity contribution is -0.154. The number of carbonyl (C=O) groups is 2. The Morgan fingerprint density at radius 3 is 2.80 bits per heavy atom. The summed E-state index contributed by atoms with van der Waals surface area (Å²) in [7, 11) is 0. The number of phenolic OH excluding ortho intramolecular Hbond substituents is 1. The molecule has 2 N–H and O–H groups in total. The largest absolute Gasteiger partial charge is 0.506 e. The maximum absolute atomic E-state index is 12.7. The van der Waals surface area contributed by atoms with Gasteiger partial charge in [0.2, 0.25) is 11.8 Å². The van der Waals surface area contributed by atoms with Crippen LogP contribution in [0.4, 0.5) is 5.69 Å². The minimum Gasteiger partial charge on any atom is -0.506 e. The Kier molecular flexibility index (Phi) is 5.00. The molecule has 1 saturated heterocycles. The number of ether oxygens (including phenoxy) is 1. The van der Waals surface area contributed by atoms with Crippen molar-refractivity contribution < 1.29 is 19.4 Å². The van der Waals surface area contributed by atoms with E-state index in [-0.39, 0.29) is 30.8 Å². The van der Waals surface area contributed by atoms with E-state index >= 15 is 0 Å². The Hall–Kier alpha value is -2.86. The summed E-state index contributed by atoms with van der Waals surface area (Å²) in [5.41, 5.74) is 2.17. The number of aromatic hydroxyl groups is 1. The Bertz CT molecular complexity index is 776. The van der Waals surface area contributed by atoms with E-state index in [1.165, 1.54) is 11.0 Å². The van der Waals surface area contributed by atoms with Gasteiger partial charge >= 0.3 is 0 Å². The van der Waals surface area contributed by atoms with Crippen LogP contribution in [0.5, 0.6) is 5.75 Å². The van der Waals surface area contributed by atoms with Crippen LogP contribution in [0.15, 0.2) is 48.5 Å². The van der Waals surface area contributed by atoms with E-state index < -0.39 is 6.04 Å². The molecule has 1 atom stereocenters. The molecule has 2 amide bonds. The van der Waals surface area contributed by atoms with Gasteiger partial charge in [-0.2, -0.15) is 0 Å². The third-order valence-electron chi connectivity index (χ3n) is 4.11. The fraction of sp³-hybridized carbons (Fsp3) is 0.263. The van der Waals surface area contributed by atoms with Gasteiger partial charge in [0, 0.05) is 6.54 Å². The van der Waals surface area contributed by atoms with Gasteiger partial charge in [0.05, 0.1) is 12.3 Å². The van der Waals surface area contributed by atoms with Crippen molar-refractivity contribution in [2.45, 2.75) is 19.5 Å². The second kappa shape index (κ2) is 7.36. The second-order valence-electron chi connectivity index (χ2n) is 6.05. The van der Waals surface area contributed by atoms with Gasteiger partial charge in [-0.25, -0.2) is 0 Å². The summed E-state index contributed by atoms with van der Waals surface area (Å²) in [5, 5.41) is 12.6. The molecule has 6 nitrogen and oxygen atoms in total. The molecule has 0 aromatic heterocycles. The van der Waals surface area contributed by atoms with Gasteiger partial charge in [-0.1, -0.05) is 36.4 Å². The summed E-state index contributed by atoms with van der Waals surface area (Å²) in [6.07, 6.45) is 0. The number of morpholine rings is 1. The maximum atomic E-state index is 12.7. The van der Waals surface area contributed by atoms with Crippen LogP contribution in [-0.2, 0) is 20.9 Å². The molecule has 0 saturated carbocycles.